The molecule has 0 aromatic heterocycles. The van der Waals surface area contributed by atoms with E-state index >= 15 is 0 Å². The molecule has 2 aliphatic heterocycles. The van der Waals surface area contributed by atoms with Crippen LogP contribution in [0.15, 0.2) is 53.4 Å². The van der Waals surface area contributed by atoms with Crippen LogP contribution in [0, 0.1) is 0 Å². The van der Waals surface area contributed by atoms with E-state index in [-0.39, 0.29) is 35.5 Å². The monoisotopic (exact) mass is 415 g/mol. The zero-order chi connectivity index (χ0) is 20.6. The highest BCUT2D eigenvalue weighted by Gasteiger charge is 2.38. The number of nitrogens with one attached hydrogen (secondary N) is 1. The molecule has 1 fully saturated rings. The third kappa shape index (κ3) is 3.41. The number of sulfonamides is 1. The molecule has 0 bridgehead atoms. The van der Waals surface area contributed by atoms with Gasteiger partial charge in [0.25, 0.3) is 5.91 Å². The first kappa shape index (κ1) is 19.6. The number of rotatable bonds is 4. The Morgan fingerprint density at radius 3 is 2.41 bits per heavy atom. The van der Waals surface area contributed by atoms with Crippen LogP contribution in [-0.4, -0.2) is 48.9 Å². The number of carbonyl (C=O) groups excluding carboxylic acids is 2. The molecule has 2 amide bonds. The molecule has 2 N–H and O–H groups in total. The van der Waals surface area contributed by atoms with Crippen molar-refractivity contribution in [2.24, 2.45) is 0 Å². The minimum atomic E-state index is -3.91. The van der Waals surface area contributed by atoms with Crippen molar-refractivity contribution in [3.05, 3.63) is 59.7 Å². The van der Waals surface area contributed by atoms with Gasteiger partial charge in [-0.15, -0.1) is 0 Å². The van der Waals surface area contributed by atoms with E-state index in [1.807, 2.05) is 24.3 Å². The Hall–Kier alpha value is -2.75. The van der Waals surface area contributed by atoms with Gasteiger partial charge in [0.15, 0.2) is 0 Å². The van der Waals surface area contributed by atoms with Crippen LogP contribution >= 0.6 is 0 Å². The average molecular weight is 415 g/mol. The number of hydroxylamine groups is 1. The number of piperidine rings is 1. The summed E-state index contributed by atoms with van der Waals surface area (Å²) in [4.78, 5) is 26.0. The number of nitrogens with zero attached hydrogens (tertiary/aromatic N) is 2. The van der Waals surface area contributed by atoms with Crippen molar-refractivity contribution >= 4 is 27.5 Å². The Kier molecular flexibility index (Phi) is 5.12. The highest BCUT2D eigenvalue weighted by atomic mass is 32.2. The van der Waals surface area contributed by atoms with Gasteiger partial charge in [0, 0.05) is 24.8 Å². The second kappa shape index (κ2) is 7.58. The van der Waals surface area contributed by atoms with Crippen molar-refractivity contribution in [2.75, 3.05) is 18.0 Å². The molecule has 0 aliphatic carbocycles. The number of hydrogen-bond acceptors (Lipinski definition) is 5. The Morgan fingerprint density at radius 1 is 1.03 bits per heavy atom. The molecular weight excluding hydrogens is 394 g/mol. The number of hydrogen-bond donors (Lipinski definition) is 2. The first-order valence-electron chi connectivity index (χ1n) is 9.37. The van der Waals surface area contributed by atoms with E-state index in [9.17, 15) is 18.0 Å². The maximum atomic E-state index is 13.1. The first-order chi connectivity index (χ1) is 13.9. The van der Waals surface area contributed by atoms with Gasteiger partial charge in [0.1, 0.15) is 0 Å². The molecule has 0 atom stereocenters. The van der Waals surface area contributed by atoms with Gasteiger partial charge in [-0.25, -0.2) is 13.9 Å². The second-order valence-electron chi connectivity index (χ2n) is 7.14. The van der Waals surface area contributed by atoms with Crippen LogP contribution in [0.1, 0.15) is 28.8 Å². The van der Waals surface area contributed by atoms with Gasteiger partial charge in [-0.3, -0.25) is 14.8 Å². The van der Waals surface area contributed by atoms with E-state index in [4.69, 9.17) is 5.21 Å². The topological polar surface area (TPSA) is 107 Å². The summed E-state index contributed by atoms with van der Waals surface area (Å²) in [7, 11) is -3.91. The van der Waals surface area contributed by atoms with Gasteiger partial charge in [0.05, 0.1) is 16.9 Å². The molecule has 0 saturated carbocycles. The van der Waals surface area contributed by atoms with Crippen LogP contribution < -0.4 is 10.4 Å². The Labute approximate surface area is 168 Å². The number of benzene rings is 2. The van der Waals surface area contributed by atoms with Crippen molar-refractivity contribution in [1.29, 1.82) is 0 Å². The van der Waals surface area contributed by atoms with Gasteiger partial charge in [-0.05, 0) is 36.6 Å². The molecule has 2 aromatic carbocycles. The van der Waals surface area contributed by atoms with Gasteiger partial charge < -0.3 is 4.90 Å². The predicted octanol–water partition coefficient (Wildman–Crippen LogP) is 1.55. The summed E-state index contributed by atoms with van der Waals surface area (Å²) >= 11 is 0. The molecule has 2 aromatic rings. The summed E-state index contributed by atoms with van der Waals surface area (Å²) in [6, 6.07) is 13.4. The minimum absolute atomic E-state index is 0.0393. The number of amides is 2. The van der Waals surface area contributed by atoms with E-state index in [0.29, 0.717) is 19.3 Å². The molecule has 2 aliphatic rings. The highest BCUT2D eigenvalue weighted by Crippen LogP contribution is 2.34. The van der Waals surface area contributed by atoms with Crippen LogP contribution in [0.5, 0.6) is 0 Å². The second-order valence-corrected chi connectivity index (χ2v) is 9.05. The fourth-order valence-electron chi connectivity index (χ4n) is 4.10. The molecule has 1 saturated heterocycles. The maximum Gasteiger partial charge on any atom is 0.276 e. The van der Waals surface area contributed by atoms with Crippen molar-refractivity contribution in [3.8, 4) is 0 Å². The van der Waals surface area contributed by atoms with Crippen LogP contribution in [-0.2, 0) is 21.2 Å². The molecule has 152 valence electrons. The Morgan fingerprint density at radius 2 is 1.69 bits per heavy atom. The molecule has 2 heterocycles. The fourth-order valence-corrected chi connectivity index (χ4v) is 5.76. The van der Waals surface area contributed by atoms with Gasteiger partial charge in [-0.1, -0.05) is 30.3 Å². The van der Waals surface area contributed by atoms with Crippen molar-refractivity contribution < 1.29 is 23.2 Å². The highest BCUT2D eigenvalue weighted by molar-refractivity contribution is 7.89. The number of para-hydroxylation sites is 1. The van der Waals surface area contributed by atoms with Crippen molar-refractivity contribution in [1.82, 2.24) is 9.79 Å². The Bertz CT molecular complexity index is 1060. The molecule has 29 heavy (non-hydrogen) atoms. The molecular formula is C20H21N3O5S. The molecule has 0 radical (unpaired) electrons. The quantitative estimate of drug-likeness (QED) is 0.582. The summed E-state index contributed by atoms with van der Waals surface area (Å²) in [5.41, 5.74) is 3.28. The van der Waals surface area contributed by atoms with Gasteiger partial charge >= 0.3 is 0 Å². The predicted molar refractivity (Wildman–Crippen MR) is 105 cm³/mol. The molecule has 4 rings (SSSR count). The zero-order valence-electron chi connectivity index (χ0n) is 15.6. The minimum Gasteiger partial charge on any atom is -0.309 e. The summed E-state index contributed by atoms with van der Waals surface area (Å²) in [5.74, 6) is -0.837. The van der Waals surface area contributed by atoms with Crippen molar-refractivity contribution in [3.63, 3.8) is 0 Å². The molecule has 9 heteroatoms. The number of carbonyl (C=O) groups is 2. The number of fused-ring (bicyclic) bond motifs is 1. The fraction of sp³-hybridized carbons (Fsp3) is 0.300. The maximum absolute atomic E-state index is 13.1. The average Bonchev–Trinajstić information content (AvgIpc) is 3.09. The van der Waals surface area contributed by atoms with Crippen LogP contribution in [0.25, 0.3) is 0 Å². The first-order valence-corrected chi connectivity index (χ1v) is 10.8. The normalized spacial score (nSPS) is 18.0. The Balaban J connectivity index is 1.53. The lowest BCUT2D eigenvalue weighted by molar-refractivity contribution is -0.118. The number of anilines is 1. The van der Waals surface area contributed by atoms with E-state index in [1.165, 1.54) is 34.1 Å². The summed E-state index contributed by atoms with van der Waals surface area (Å²) < 4.78 is 27.5. The smallest absolute Gasteiger partial charge is 0.276 e. The largest absolute Gasteiger partial charge is 0.309 e. The summed E-state index contributed by atoms with van der Waals surface area (Å²) in [6.45, 7) is 0.488. The third-order valence-corrected chi connectivity index (χ3v) is 7.46. The van der Waals surface area contributed by atoms with Crippen LogP contribution in [0.3, 0.4) is 0 Å². The molecule has 0 spiro atoms. The molecule has 8 nitrogen and oxygen atoms in total. The van der Waals surface area contributed by atoms with Crippen LogP contribution in [0.2, 0.25) is 0 Å². The summed E-state index contributed by atoms with van der Waals surface area (Å²) in [6.07, 6.45) is 1.39. The van der Waals surface area contributed by atoms with E-state index in [0.717, 1.165) is 11.3 Å². The van der Waals surface area contributed by atoms with Gasteiger partial charge in [-0.2, -0.15) is 4.31 Å². The van der Waals surface area contributed by atoms with E-state index in [2.05, 4.69) is 0 Å². The van der Waals surface area contributed by atoms with E-state index < -0.39 is 15.9 Å². The van der Waals surface area contributed by atoms with Crippen molar-refractivity contribution in [2.45, 2.75) is 30.2 Å². The third-order valence-electron chi connectivity index (χ3n) is 5.50. The lowest BCUT2D eigenvalue weighted by Crippen LogP contribution is -2.48. The standard InChI is InChI=1S/C20H21N3O5S/c24-19-13-14-5-1-3-7-17(14)23(19)15-9-11-22(12-10-15)29(27,28)18-8-4-2-6-16(18)20(25)21-26/h1-8,15,26H,9-13H2,(H,21,25). The van der Waals surface area contributed by atoms with Crippen LogP contribution in [0.4, 0.5) is 5.69 Å². The molecule has 0 unspecified atom stereocenters. The lowest BCUT2D eigenvalue weighted by atomic mass is 10.0. The summed E-state index contributed by atoms with van der Waals surface area (Å²) in [5, 5.41) is 8.90. The van der Waals surface area contributed by atoms with Gasteiger partial charge in [0.2, 0.25) is 15.9 Å². The zero-order valence-corrected chi connectivity index (χ0v) is 16.4. The lowest BCUT2D eigenvalue weighted by Gasteiger charge is -2.36. The SMILES string of the molecule is O=C(NO)c1ccccc1S(=O)(=O)N1CCC(N2C(=O)Cc3ccccc32)CC1. The van der Waals surface area contributed by atoms with E-state index in [1.54, 1.807) is 4.90 Å².